The Morgan fingerprint density at radius 1 is 0.774 bits per heavy atom. The minimum atomic E-state index is -0.949. The lowest BCUT2D eigenvalue weighted by atomic mass is 10.0. The van der Waals surface area contributed by atoms with Gasteiger partial charge >= 0.3 is 12.2 Å². The Bertz CT molecular complexity index is 1890. The Balaban J connectivity index is 1.10. The molecular formula is C39H48N8O6. The van der Waals surface area contributed by atoms with Crippen LogP contribution in [0.25, 0.3) is 33.6 Å². The number of imidazole rings is 2. The number of nitrogens with zero attached hydrogens (tertiary/aromatic N) is 4. The fourth-order valence-electron chi connectivity index (χ4n) is 7.39. The van der Waals surface area contributed by atoms with E-state index in [4.69, 9.17) is 15.2 Å². The summed E-state index contributed by atoms with van der Waals surface area (Å²) in [5, 5.41) is 2.69. The summed E-state index contributed by atoms with van der Waals surface area (Å²) < 4.78 is 9.89. The number of H-pyrrole nitrogens is 2. The van der Waals surface area contributed by atoms with Gasteiger partial charge in [0.2, 0.25) is 5.91 Å². The number of hydrogen-bond acceptors (Lipinski definition) is 8. The van der Waals surface area contributed by atoms with Gasteiger partial charge in [0.05, 0.1) is 43.0 Å². The van der Waals surface area contributed by atoms with E-state index in [1.165, 1.54) is 7.11 Å². The van der Waals surface area contributed by atoms with Crippen molar-refractivity contribution in [3.8, 4) is 33.6 Å². The number of aromatic nitrogens is 4. The number of methoxy groups -OCH3 is 1. The first-order valence-electron chi connectivity index (χ1n) is 18.4. The summed E-state index contributed by atoms with van der Waals surface area (Å²) >= 11 is 0. The molecule has 0 saturated carbocycles. The second-order valence-electron chi connectivity index (χ2n) is 13.6. The molecule has 0 spiro atoms. The molecule has 2 aliphatic heterocycles. The molecule has 2 aliphatic rings. The van der Waals surface area contributed by atoms with Gasteiger partial charge < -0.3 is 40.3 Å². The van der Waals surface area contributed by atoms with Crippen LogP contribution in [0.1, 0.15) is 88.9 Å². The van der Waals surface area contributed by atoms with Gasteiger partial charge in [0, 0.05) is 13.1 Å². The van der Waals surface area contributed by atoms with Crippen LogP contribution in [-0.2, 0) is 19.1 Å². The Morgan fingerprint density at radius 2 is 1.25 bits per heavy atom. The standard InChI is InChI=1S/C39H48N8O6/c1-4-8-28(45-39(51)52-3)36(48)46-20-6-10-31(46)34-41-22-29(43-34)26-16-12-24(13-17-26)25-14-18-27(19-15-25)30-23-42-35(44-30)32-11-7-21-47(32)37(49)33(9-5-2)53-38(40)50/h12-19,22-23,28,31-33H,4-11,20-21H2,1-3H3,(H2,40,50)(H,41,43)(H,42,44)(H,45,51)/t28-,31-,32-,33-/m0/s1. The molecule has 2 fully saturated rings. The van der Waals surface area contributed by atoms with Crippen molar-refractivity contribution in [1.82, 2.24) is 35.1 Å². The largest absolute Gasteiger partial charge is 0.453 e. The number of primary amides is 1. The van der Waals surface area contributed by atoms with E-state index in [1.54, 1.807) is 17.3 Å². The van der Waals surface area contributed by atoms with Crippen molar-refractivity contribution in [2.24, 2.45) is 5.73 Å². The zero-order chi connectivity index (χ0) is 37.5. The lowest BCUT2D eigenvalue weighted by Gasteiger charge is -2.28. The molecule has 4 atom stereocenters. The van der Waals surface area contributed by atoms with Crippen molar-refractivity contribution in [3.63, 3.8) is 0 Å². The van der Waals surface area contributed by atoms with Crippen LogP contribution < -0.4 is 11.1 Å². The molecule has 280 valence electrons. The van der Waals surface area contributed by atoms with Crippen molar-refractivity contribution in [2.75, 3.05) is 20.2 Å². The van der Waals surface area contributed by atoms with E-state index in [1.807, 2.05) is 43.0 Å². The minimum Gasteiger partial charge on any atom is -0.453 e. The normalized spacial score (nSPS) is 18.1. The van der Waals surface area contributed by atoms with Crippen LogP contribution in [0.3, 0.4) is 0 Å². The van der Waals surface area contributed by atoms with E-state index in [2.05, 4.69) is 49.5 Å². The lowest BCUT2D eigenvalue weighted by molar-refractivity contribution is -0.141. The van der Waals surface area contributed by atoms with Crippen LogP contribution in [0.2, 0.25) is 0 Å². The lowest BCUT2D eigenvalue weighted by Crippen LogP contribution is -2.48. The Hall–Kier alpha value is -5.66. The summed E-state index contributed by atoms with van der Waals surface area (Å²) in [6, 6.07) is 15.4. The number of carbonyl (C=O) groups is 4. The monoisotopic (exact) mass is 724 g/mol. The van der Waals surface area contributed by atoms with Gasteiger partial charge in [-0.25, -0.2) is 19.6 Å². The van der Waals surface area contributed by atoms with Gasteiger partial charge in [0.15, 0.2) is 6.10 Å². The van der Waals surface area contributed by atoms with Crippen LogP contribution in [0, 0.1) is 0 Å². The highest BCUT2D eigenvalue weighted by molar-refractivity contribution is 5.86. The van der Waals surface area contributed by atoms with Crippen molar-refractivity contribution in [3.05, 3.63) is 72.6 Å². The summed E-state index contributed by atoms with van der Waals surface area (Å²) in [6.45, 7) is 5.07. The fourth-order valence-corrected chi connectivity index (χ4v) is 7.39. The van der Waals surface area contributed by atoms with Crippen molar-refractivity contribution >= 4 is 24.0 Å². The minimum absolute atomic E-state index is 0.122. The Kier molecular flexibility index (Phi) is 11.8. The molecule has 2 aromatic carbocycles. The number of rotatable bonds is 13. The first kappa shape index (κ1) is 37.1. The highest BCUT2D eigenvalue weighted by Crippen LogP contribution is 2.35. The van der Waals surface area contributed by atoms with Gasteiger partial charge in [-0.1, -0.05) is 75.2 Å². The third-order valence-electron chi connectivity index (χ3n) is 10.1. The van der Waals surface area contributed by atoms with E-state index in [0.29, 0.717) is 38.2 Å². The molecule has 2 saturated heterocycles. The molecule has 14 heteroatoms. The molecule has 0 unspecified atom stereocenters. The number of likely N-dealkylation sites (tertiary alicyclic amines) is 2. The van der Waals surface area contributed by atoms with Crippen molar-refractivity contribution in [1.29, 1.82) is 0 Å². The molecule has 0 aliphatic carbocycles. The quantitative estimate of drug-likeness (QED) is 0.124. The summed E-state index contributed by atoms with van der Waals surface area (Å²) in [6.07, 6.45) is 6.73. The van der Waals surface area contributed by atoms with E-state index < -0.39 is 24.3 Å². The average Bonchev–Trinajstić information content (AvgIpc) is 4.00. The number of benzene rings is 2. The van der Waals surface area contributed by atoms with Gasteiger partial charge in [-0.3, -0.25) is 9.59 Å². The third kappa shape index (κ3) is 8.37. The molecule has 14 nitrogen and oxygen atoms in total. The van der Waals surface area contributed by atoms with Crippen molar-refractivity contribution < 1.29 is 28.7 Å². The molecule has 0 radical (unpaired) electrons. The van der Waals surface area contributed by atoms with Crippen LogP contribution in [0.4, 0.5) is 9.59 Å². The number of nitrogens with two attached hydrogens (primary N) is 1. The first-order valence-corrected chi connectivity index (χ1v) is 18.4. The van der Waals surface area contributed by atoms with E-state index >= 15 is 0 Å². The zero-order valence-corrected chi connectivity index (χ0v) is 30.5. The first-order chi connectivity index (χ1) is 25.7. The summed E-state index contributed by atoms with van der Waals surface area (Å²) in [4.78, 5) is 69.8. The third-order valence-corrected chi connectivity index (χ3v) is 10.1. The summed E-state index contributed by atoms with van der Waals surface area (Å²) in [5.74, 6) is 1.06. The van der Waals surface area contributed by atoms with Crippen LogP contribution >= 0.6 is 0 Å². The Morgan fingerprint density at radius 3 is 1.70 bits per heavy atom. The smallest absolute Gasteiger partial charge is 0.407 e. The topological polar surface area (TPSA) is 189 Å². The highest BCUT2D eigenvalue weighted by Gasteiger charge is 2.37. The highest BCUT2D eigenvalue weighted by atomic mass is 16.6. The zero-order valence-electron chi connectivity index (χ0n) is 30.5. The SMILES string of the molecule is CCC[C@H](NC(=O)OC)C(=O)N1CCC[C@H]1c1ncc(-c2ccc(-c3ccc(-c4cnc([C@@H]5CCCN5C(=O)[C@H](CCC)OC(N)=O)[nH]4)cc3)cc2)[nH]1. The number of aromatic amines is 2. The van der Waals surface area contributed by atoms with E-state index in [-0.39, 0.29) is 23.9 Å². The van der Waals surface area contributed by atoms with Gasteiger partial charge in [-0.05, 0) is 60.8 Å². The number of amides is 4. The molecule has 0 bridgehead atoms. The molecule has 4 heterocycles. The number of ether oxygens (including phenoxy) is 2. The molecule has 5 N–H and O–H groups in total. The van der Waals surface area contributed by atoms with Gasteiger partial charge in [-0.2, -0.15) is 0 Å². The number of alkyl carbamates (subject to hydrolysis) is 1. The van der Waals surface area contributed by atoms with Gasteiger partial charge in [-0.15, -0.1) is 0 Å². The second-order valence-corrected chi connectivity index (χ2v) is 13.6. The number of carbonyl (C=O) groups excluding carboxylic acids is 4. The number of hydrogen-bond donors (Lipinski definition) is 4. The molecule has 2 aromatic heterocycles. The summed E-state index contributed by atoms with van der Waals surface area (Å²) in [5.41, 5.74) is 11.0. The molecule has 4 aromatic rings. The van der Waals surface area contributed by atoms with Gasteiger partial charge in [0.1, 0.15) is 17.7 Å². The fraction of sp³-hybridized carbons (Fsp3) is 0.436. The summed E-state index contributed by atoms with van der Waals surface area (Å²) in [7, 11) is 1.29. The maximum atomic E-state index is 13.5. The van der Waals surface area contributed by atoms with Gasteiger partial charge in [0.25, 0.3) is 5.91 Å². The molecule has 53 heavy (non-hydrogen) atoms. The maximum absolute atomic E-state index is 13.5. The molecular weight excluding hydrogens is 676 g/mol. The Labute approximate surface area is 308 Å². The second kappa shape index (κ2) is 16.8. The maximum Gasteiger partial charge on any atom is 0.407 e. The predicted octanol–water partition coefficient (Wildman–Crippen LogP) is 6.25. The predicted molar refractivity (Wildman–Crippen MR) is 198 cm³/mol. The van der Waals surface area contributed by atoms with E-state index in [9.17, 15) is 19.2 Å². The molecule has 4 amide bonds. The average molecular weight is 725 g/mol. The number of nitrogens with one attached hydrogen (secondary N) is 3. The van der Waals surface area contributed by atoms with Crippen LogP contribution in [0.15, 0.2) is 60.9 Å². The van der Waals surface area contributed by atoms with Crippen LogP contribution in [0.5, 0.6) is 0 Å². The van der Waals surface area contributed by atoms with Crippen LogP contribution in [-0.4, -0.2) is 86.1 Å². The van der Waals surface area contributed by atoms with E-state index in [0.717, 1.165) is 71.6 Å². The molecule has 6 rings (SSSR count). The van der Waals surface area contributed by atoms with Crippen molar-refractivity contribution in [2.45, 2.75) is 89.4 Å².